The Hall–Kier alpha value is -2.69. The first-order valence-electron chi connectivity index (χ1n) is 7.75. The second-order valence-electron chi connectivity index (χ2n) is 6.59. The lowest BCUT2D eigenvalue weighted by atomic mass is 9.72. The molecule has 4 rings (SSSR count). The van der Waals surface area contributed by atoms with Crippen LogP contribution in [0.5, 0.6) is 0 Å². The van der Waals surface area contributed by atoms with Gasteiger partial charge in [0.05, 0.1) is 16.9 Å². The lowest BCUT2D eigenvalue weighted by Crippen LogP contribution is -2.72. The quantitative estimate of drug-likeness (QED) is 0.851. The Morgan fingerprint density at radius 1 is 0.957 bits per heavy atom. The molecular weight excluding hydrogens is 290 g/mol. The summed E-state index contributed by atoms with van der Waals surface area (Å²) in [4.78, 5) is 15.8. The number of benzene rings is 2. The van der Waals surface area contributed by atoms with E-state index in [1.54, 1.807) is 12.1 Å². The van der Waals surface area contributed by atoms with Crippen LogP contribution in [0.4, 0.5) is 17.1 Å². The first-order chi connectivity index (χ1) is 11.1. The molecule has 23 heavy (non-hydrogen) atoms. The van der Waals surface area contributed by atoms with E-state index < -0.39 is 5.97 Å². The van der Waals surface area contributed by atoms with Crippen LogP contribution >= 0.6 is 0 Å². The molecule has 0 unspecified atom stereocenters. The zero-order valence-electron chi connectivity index (χ0n) is 12.8. The number of aromatic carboxylic acids is 1. The van der Waals surface area contributed by atoms with Gasteiger partial charge in [0.2, 0.25) is 0 Å². The third-order valence-electron chi connectivity index (χ3n) is 4.88. The number of hydrogen-bond donors (Lipinski definition) is 2. The SMILES string of the molecule is Nc1c(C(=O)O)cccc1N1CC2(CN(c3ccccc3)C2)C1. The number of hydrogen-bond acceptors (Lipinski definition) is 4. The number of carbonyl (C=O) groups is 1. The van der Waals surface area contributed by atoms with E-state index in [0.717, 1.165) is 31.9 Å². The molecule has 2 fully saturated rings. The predicted octanol–water partition coefficient (Wildman–Crippen LogP) is 2.29. The van der Waals surface area contributed by atoms with Gasteiger partial charge in [0.15, 0.2) is 0 Å². The van der Waals surface area contributed by atoms with Gasteiger partial charge in [-0.25, -0.2) is 4.79 Å². The summed E-state index contributed by atoms with van der Waals surface area (Å²) in [5, 5.41) is 9.18. The number of carboxylic acids is 1. The Kier molecular flexibility index (Phi) is 2.98. The van der Waals surface area contributed by atoms with E-state index in [4.69, 9.17) is 5.73 Å². The average molecular weight is 309 g/mol. The molecule has 0 radical (unpaired) electrons. The molecule has 2 aromatic carbocycles. The molecule has 2 aliphatic heterocycles. The molecule has 1 spiro atoms. The number of carboxylic acid groups (broad SMARTS) is 1. The standard InChI is InChI=1S/C18H19N3O2/c19-16-14(17(22)23)7-4-8-15(16)21-11-18(12-21)9-20(10-18)13-5-2-1-3-6-13/h1-8H,9-12,19H2,(H,22,23). The van der Waals surface area contributed by atoms with Gasteiger partial charge in [-0.3, -0.25) is 0 Å². The zero-order valence-corrected chi connectivity index (χ0v) is 12.8. The topological polar surface area (TPSA) is 69.8 Å². The fraction of sp³-hybridized carbons (Fsp3) is 0.278. The van der Waals surface area contributed by atoms with Gasteiger partial charge < -0.3 is 20.6 Å². The van der Waals surface area contributed by atoms with Crippen LogP contribution < -0.4 is 15.5 Å². The van der Waals surface area contributed by atoms with E-state index in [1.807, 2.05) is 12.1 Å². The highest BCUT2D eigenvalue weighted by molar-refractivity contribution is 5.97. The summed E-state index contributed by atoms with van der Waals surface area (Å²) in [6.45, 7) is 3.96. The van der Waals surface area contributed by atoms with Gasteiger partial charge in [0.1, 0.15) is 0 Å². The van der Waals surface area contributed by atoms with Crippen LogP contribution in [-0.4, -0.2) is 37.3 Å². The lowest BCUT2D eigenvalue weighted by molar-refractivity contribution is 0.0698. The third kappa shape index (κ3) is 2.20. The van der Waals surface area contributed by atoms with Crippen molar-refractivity contribution in [2.45, 2.75) is 0 Å². The van der Waals surface area contributed by atoms with Crippen LogP contribution in [0.2, 0.25) is 0 Å². The fourth-order valence-electron chi connectivity index (χ4n) is 3.73. The third-order valence-corrected chi connectivity index (χ3v) is 4.88. The Morgan fingerprint density at radius 2 is 1.61 bits per heavy atom. The van der Waals surface area contributed by atoms with Crippen molar-refractivity contribution >= 4 is 23.0 Å². The second-order valence-corrected chi connectivity index (χ2v) is 6.59. The molecule has 3 N–H and O–H groups in total. The molecule has 2 aromatic rings. The molecule has 5 nitrogen and oxygen atoms in total. The lowest BCUT2D eigenvalue weighted by Gasteiger charge is -2.61. The summed E-state index contributed by atoms with van der Waals surface area (Å²) < 4.78 is 0. The van der Waals surface area contributed by atoms with Crippen molar-refractivity contribution < 1.29 is 9.90 Å². The molecule has 2 aliphatic rings. The Morgan fingerprint density at radius 3 is 2.26 bits per heavy atom. The molecule has 0 aromatic heterocycles. The maximum Gasteiger partial charge on any atom is 0.337 e. The van der Waals surface area contributed by atoms with Gasteiger partial charge in [-0.05, 0) is 24.3 Å². The first kappa shape index (κ1) is 13.9. The van der Waals surface area contributed by atoms with E-state index in [1.165, 1.54) is 5.69 Å². The Balaban J connectivity index is 1.43. The van der Waals surface area contributed by atoms with Crippen molar-refractivity contribution in [2.24, 2.45) is 5.41 Å². The molecule has 0 atom stereocenters. The number of nitrogens with zero attached hydrogens (tertiary/aromatic N) is 2. The van der Waals surface area contributed by atoms with E-state index in [0.29, 0.717) is 11.1 Å². The van der Waals surface area contributed by atoms with Crippen LogP contribution in [0, 0.1) is 5.41 Å². The maximum atomic E-state index is 11.2. The van der Waals surface area contributed by atoms with Crippen molar-refractivity contribution in [2.75, 3.05) is 41.7 Å². The number of anilines is 3. The Labute approximate surface area is 134 Å². The largest absolute Gasteiger partial charge is 0.478 e. The summed E-state index contributed by atoms with van der Waals surface area (Å²) in [7, 11) is 0. The van der Waals surface area contributed by atoms with Gasteiger partial charge in [-0.1, -0.05) is 24.3 Å². The average Bonchev–Trinajstić information content (AvgIpc) is 2.46. The van der Waals surface area contributed by atoms with Gasteiger partial charge >= 0.3 is 5.97 Å². The van der Waals surface area contributed by atoms with E-state index in [9.17, 15) is 9.90 Å². The van der Waals surface area contributed by atoms with E-state index in [2.05, 4.69) is 34.1 Å². The first-order valence-corrected chi connectivity index (χ1v) is 7.75. The predicted molar refractivity (Wildman–Crippen MR) is 91.1 cm³/mol. The maximum absolute atomic E-state index is 11.2. The molecule has 2 heterocycles. The highest BCUT2D eigenvalue weighted by Crippen LogP contribution is 2.45. The highest BCUT2D eigenvalue weighted by Gasteiger charge is 2.52. The van der Waals surface area contributed by atoms with Gasteiger partial charge in [-0.2, -0.15) is 0 Å². The summed E-state index contributed by atoms with van der Waals surface area (Å²) in [5.41, 5.74) is 9.01. The molecule has 0 aliphatic carbocycles. The van der Waals surface area contributed by atoms with Crippen molar-refractivity contribution in [3.8, 4) is 0 Å². The zero-order chi connectivity index (χ0) is 16.0. The van der Waals surface area contributed by atoms with Crippen LogP contribution in [-0.2, 0) is 0 Å². The fourth-order valence-corrected chi connectivity index (χ4v) is 3.73. The van der Waals surface area contributed by atoms with E-state index in [-0.39, 0.29) is 5.56 Å². The van der Waals surface area contributed by atoms with Gasteiger partial charge in [-0.15, -0.1) is 0 Å². The monoisotopic (exact) mass is 309 g/mol. The molecule has 118 valence electrons. The Bertz CT molecular complexity index is 746. The minimum absolute atomic E-state index is 0.183. The normalized spacial score (nSPS) is 18.4. The summed E-state index contributed by atoms with van der Waals surface area (Å²) in [6.07, 6.45) is 0. The summed E-state index contributed by atoms with van der Waals surface area (Å²) in [5.74, 6) is -0.974. The highest BCUT2D eigenvalue weighted by atomic mass is 16.4. The molecule has 5 heteroatoms. The van der Waals surface area contributed by atoms with Crippen molar-refractivity contribution in [3.05, 3.63) is 54.1 Å². The van der Waals surface area contributed by atoms with Gasteiger partial charge in [0.25, 0.3) is 0 Å². The van der Waals surface area contributed by atoms with Crippen LogP contribution in [0.25, 0.3) is 0 Å². The molecular formula is C18H19N3O2. The van der Waals surface area contributed by atoms with Crippen LogP contribution in [0.3, 0.4) is 0 Å². The van der Waals surface area contributed by atoms with Crippen molar-refractivity contribution in [3.63, 3.8) is 0 Å². The van der Waals surface area contributed by atoms with E-state index >= 15 is 0 Å². The number of para-hydroxylation sites is 2. The number of nitrogen functional groups attached to an aromatic ring is 1. The minimum Gasteiger partial charge on any atom is -0.478 e. The van der Waals surface area contributed by atoms with Crippen LogP contribution in [0.15, 0.2) is 48.5 Å². The second kappa shape index (κ2) is 4.91. The molecule has 0 saturated carbocycles. The summed E-state index contributed by atoms with van der Waals surface area (Å²) >= 11 is 0. The minimum atomic E-state index is -0.974. The number of nitrogens with two attached hydrogens (primary N) is 1. The molecule has 2 saturated heterocycles. The van der Waals surface area contributed by atoms with Crippen molar-refractivity contribution in [1.82, 2.24) is 0 Å². The van der Waals surface area contributed by atoms with Gasteiger partial charge in [0, 0.05) is 37.3 Å². The van der Waals surface area contributed by atoms with Crippen LogP contribution in [0.1, 0.15) is 10.4 Å². The smallest absolute Gasteiger partial charge is 0.337 e. The van der Waals surface area contributed by atoms with Crippen molar-refractivity contribution in [1.29, 1.82) is 0 Å². The number of rotatable bonds is 3. The summed E-state index contributed by atoms with van der Waals surface area (Å²) in [6, 6.07) is 15.6. The molecule has 0 bridgehead atoms. The molecule has 0 amide bonds.